The van der Waals surface area contributed by atoms with Crippen molar-refractivity contribution in [2.24, 2.45) is 5.10 Å². The van der Waals surface area contributed by atoms with Crippen molar-refractivity contribution in [2.45, 2.75) is 17.7 Å². The predicted molar refractivity (Wildman–Crippen MR) is 98.8 cm³/mol. The summed E-state index contributed by atoms with van der Waals surface area (Å²) < 4.78 is 22.9. The molecule has 0 saturated carbocycles. The molecular formula is C18H17N3O4S. The number of anilines is 2. The van der Waals surface area contributed by atoms with E-state index < -0.39 is 15.7 Å². The summed E-state index contributed by atoms with van der Waals surface area (Å²) in [6.07, 6.45) is 1.55. The highest BCUT2D eigenvalue weighted by Gasteiger charge is 2.25. The number of hydrazone groups is 1. The number of benzene rings is 2. The van der Waals surface area contributed by atoms with Crippen LogP contribution in [0.2, 0.25) is 0 Å². The predicted octanol–water partition coefficient (Wildman–Crippen LogP) is 2.21. The SMILES string of the molecule is CS(=O)(=O)c1ccc(NC(=O)C2=NN(c3ccccc3)C(=O)CC2)cc1. The highest BCUT2D eigenvalue weighted by Crippen LogP contribution is 2.20. The van der Waals surface area contributed by atoms with Crippen molar-refractivity contribution in [3.05, 3.63) is 54.6 Å². The van der Waals surface area contributed by atoms with E-state index in [-0.39, 0.29) is 29.4 Å². The molecule has 0 atom stereocenters. The van der Waals surface area contributed by atoms with Gasteiger partial charge in [0.15, 0.2) is 9.84 Å². The summed E-state index contributed by atoms with van der Waals surface area (Å²) in [4.78, 5) is 24.7. The number of nitrogens with zero attached hydrogens (tertiary/aromatic N) is 2. The number of hydrogen-bond acceptors (Lipinski definition) is 5. The molecule has 2 aromatic carbocycles. The standard InChI is InChI=1S/C18H17N3O4S/c1-26(24,25)15-9-7-13(8-10-15)19-18(23)16-11-12-17(22)21(20-16)14-5-3-2-4-6-14/h2-10H,11-12H2,1H3,(H,19,23). The van der Waals surface area contributed by atoms with Gasteiger partial charge in [-0.3, -0.25) is 9.59 Å². The number of carbonyl (C=O) groups is 2. The van der Waals surface area contributed by atoms with Crippen molar-refractivity contribution in [3.63, 3.8) is 0 Å². The molecule has 2 amide bonds. The highest BCUT2D eigenvalue weighted by atomic mass is 32.2. The average molecular weight is 371 g/mol. The fourth-order valence-corrected chi connectivity index (χ4v) is 3.11. The van der Waals surface area contributed by atoms with Gasteiger partial charge in [-0.2, -0.15) is 5.10 Å². The number of amides is 2. The van der Waals surface area contributed by atoms with Gasteiger partial charge in [-0.25, -0.2) is 13.4 Å². The number of sulfone groups is 1. The third kappa shape index (κ3) is 3.97. The molecule has 7 nitrogen and oxygen atoms in total. The van der Waals surface area contributed by atoms with Gasteiger partial charge in [-0.15, -0.1) is 0 Å². The van der Waals surface area contributed by atoms with Crippen molar-refractivity contribution in [3.8, 4) is 0 Å². The first-order valence-corrected chi connectivity index (χ1v) is 9.81. The van der Waals surface area contributed by atoms with E-state index >= 15 is 0 Å². The second kappa shape index (κ2) is 7.09. The van der Waals surface area contributed by atoms with E-state index in [1.807, 2.05) is 6.07 Å². The topological polar surface area (TPSA) is 95.9 Å². The number of para-hydroxylation sites is 1. The molecule has 0 aliphatic carbocycles. The lowest BCUT2D eigenvalue weighted by Gasteiger charge is -2.23. The van der Waals surface area contributed by atoms with E-state index in [1.165, 1.54) is 29.3 Å². The quantitative estimate of drug-likeness (QED) is 0.891. The van der Waals surface area contributed by atoms with Crippen LogP contribution >= 0.6 is 0 Å². The zero-order chi connectivity index (χ0) is 18.7. The van der Waals surface area contributed by atoms with Gasteiger partial charge >= 0.3 is 0 Å². The van der Waals surface area contributed by atoms with Crippen molar-refractivity contribution in [1.29, 1.82) is 0 Å². The van der Waals surface area contributed by atoms with E-state index in [4.69, 9.17) is 0 Å². The Kier molecular flexibility index (Phi) is 4.85. The Hall–Kier alpha value is -3.00. The lowest BCUT2D eigenvalue weighted by Crippen LogP contribution is -2.36. The zero-order valence-corrected chi connectivity index (χ0v) is 14.9. The molecule has 0 radical (unpaired) electrons. The first-order valence-electron chi connectivity index (χ1n) is 7.91. The second-order valence-electron chi connectivity index (χ2n) is 5.84. The van der Waals surface area contributed by atoms with Crippen LogP contribution in [0.15, 0.2) is 64.6 Å². The maximum atomic E-state index is 12.4. The van der Waals surface area contributed by atoms with Crippen LogP contribution in [0.25, 0.3) is 0 Å². The molecule has 0 saturated heterocycles. The van der Waals surface area contributed by atoms with Crippen LogP contribution in [0, 0.1) is 0 Å². The Labute approximate surface area is 151 Å². The minimum atomic E-state index is -3.29. The van der Waals surface area contributed by atoms with Crippen LogP contribution in [-0.4, -0.2) is 32.2 Å². The first kappa shape index (κ1) is 17.8. The van der Waals surface area contributed by atoms with Crippen LogP contribution in [0.3, 0.4) is 0 Å². The molecule has 8 heteroatoms. The molecule has 0 unspecified atom stereocenters. The normalized spacial score (nSPS) is 14.7. The largest absolute Gasteiger partial charge is 0.321 e. The molecule has 1 N–H and O–H groups in total. The molecule has 134 valence electrons. The fourth-order valence-electron chi connectivity index (χ4n) is 2.48. The Balaban J connectivity index is 1.78. The van der Waals surface area contributed by atoms with E-state index in [0.29, 0.717) is 11.4 Å². The zero-order valence-electron chi connectivity index (χ0n) is 14.0. The molecule has 0 spiro atoms. The maximum absolute atomic E-state index is 12.4. The number of carbonyl (C=O) groups excluding carboxylic acids is 2. The fraction of sp³-hybridized carbons (Fsp3) is 0.167. The number of hydrogen-bond donors (Lipinski definition) is 1. The Morgan fingerprint density at radius 1 is 1.04 bits per heavy atom. The van der Waals surface area contributed by atoms with Gasteiger partial charge in [-0.1, -0.05) is 18.2 Å². The van der Waals surface area contributed by atoms with E-state index in [1.54, 1.807) is 24.3 Å². The molecule has 26 heavy (non-hydrogen) atoms. The van der Waals surface area contributed by atoms with Gasteiger partial charge < -0.3 is 5.32 Å². The van der Waals surface area contributed by atoms with E-state index in [0.717, 1.165) is 6.26 Å². The van der Waals surface area contributed by atoms with Crippen molar-refractivity contribution in [1.82, 2.24) is 0 Å². The number of nitrogens with one attached hydrogen (secondary N) is 1. The molecule has 1 aliphatic rings. The smallest absolute Gasteiger partial charge is 0.271 e. The highest BCUT2D eigenvalue weighted by molar-refractivity contribution is 7.90. The van der Waals surface area contributed by atoms with Gasteiger partial charge in [0.05, 0.1) is 10.6 Å². The van der Waals surface area contributed by atoms with Crippen molar-refractivity contribution in [2.75, 3.05) is 16.6 Å². The third-order valence-electron chi connectivity index (χ3n) is 3.84. The molecule has 1 heterocycles. The van der Waals surface area contributed by atoms with E-state index in [2.05, 4.69) is 10.4 Å². The van der Waals surface area contributed by atoms with Crippen LogP contribution in [0.5, 0.6) is 0 Å². The summed E-state index contributed by atoms with van der Waals surface area (Å²) in [6, 6.07) is 14.8. The maximum Gasteiger partial charge on any atom is 0.271 e. The van der Waals surface area contributed by atoms with Crippen molar-refractivity contribution < 1.29 is 18.0 Å². The summed E-state index contributed by atoms with van der Waals surface area (Å²) in [7, 11) is -3.29. The summed E-state index contributed by atoms with van der Waals surface area (Å²) in [5, 5.41) is 8.08. The van der Waals surface area contributed by atoms with Crippen LogP contribution in [-0.2, 0) is 19.4 Å². The molecule has 0 aromatic heterocycles. The minimum Gasteiger partial charge on any atom is -0.321 e. The molecule has 0 bridgehead atoms. The Morgan fingerprint density at radius 2 is 1.69 bits per heavy atom. The Morgan fingerprint density at radius 3 is 2.31 bits per heavy atom. The summed E-state index contributed by atoms with van der Waals surface area (Å²) in [5.74, 6) is -0.601. The lowest BCUT2D eigenvalue weighted by molar-refractivity contribution is -0.118. The molecule has 1 aliphatic heterocycles. The van der Waals surface area contributed by atoms with Crippen LogP contribution < -0.4 is 10.3 Å². The first-order chi connectivity index (χ1) is 12.3. The van der Waals surface area contributed by atoms with Gasteiger partial charge in [0, 0.05) is 24.8 Å². The summed E-state index contributed by atoms with van der Waals surface area (Å²) >= 11 is 0. The molecular weight excluding hydrogens is 354 g/mol. The second-order valence-corrected chi connectivity index (χ2v) is 7.85. The third-order valence-corrected chi connectivity index (χ3v) is 4.96. The molecule has 3 rings (SSSR count). The van der Waals surface area contributed by atoms with Gasteiger partial charge in [0.2, 0.25) is 5.91 Å². The average Bonchev–Trinajstić information content (AvgIpc) is 2.62. The summed E-state index contributed by atoms with van der Waals surface area (Å²) in [5.41, 5.74) is 1.29. The van der Waals surface area contributed by atoms with Crippen molar-refractivity contribution >= 4 is 38.7 Å². The van der Waals surface area contributed by atoms with Gasteiger partial charge in [-0.05, 0) is 36.4 Å². The van der Waals surface area contributed by atoms with Gasteiger partial charge in [0.25, 0.3) is 5.91 Å². The minimum absolute atomic E-state index is 0.173. The van der Waals surface area contributed by atoms with Gasteiger partial charge in [0.1, 0.15) is 5.71 Å². The number of rotatable bonds is 4. The summed E-state index contributed by atoms with van der Waals surface area (Å²) in [6.45, 7) is 0. The van der Waals surface area contributed by atoms with Crippen LogP contribution in [0.1, 0.15) is 12.8 Å². The monoisotopic (exact) mass is 371 g/mol. The Bertz CT molecular complexity index is 967. The van der Waals surface area contributed by atoms with Crippen LogP contribution in [0.4, 0.5) is 11.4 Å². The molecule has 0 fully saturated rings. The van der Waals surface area contributed by atoms with E-state index in [9.17, 15) is 18.0 Å². The lowest BCUT2D eigenvalue weighted by atomic mass is 10.1. The molecule has 2 aromatic rings.